The van der Waals surface area contributed by atoms with E-state index in [2.05, 4.69) is 45.3 Å². The quantitative estimate of drug-likeness (QED) is 0.680. The number of esters is 1. The lowest BCUT2D eigenvalue weighted by Crippen LogP contribution is -2.04. The molecule has 0 aliphatic heterocycles. The van der Waals surface area contributed by atoms with Gasteiger partial charge in [-0.2, -0.15) is 0 Å². The first kappa shape index (κ1) is 14.0. The zero-order valence-electron chi connectivity index (χ0n) is 13.0. The van der Waals surface area contributed by atoms with Crippen LogP contribution in [0, 0.1) is 0 Å². The van der Waals surface area contributed by atoms with Gasteiger partial charge >= 0.3 is 5.97 Å². The number of rotatable bonds is 5. The molecule has 0 aromatic carbocycles. The van der Waals surface area contributed by atoms with Crippen LogP contribution in [0.5, 0.6) is 0 Å². The van der Waals surface area contributed by atoms with Crippen molar-refractivity contribution in [3.8, 4) is 0 Å². The Morgan fingerprint density at radius 3 is 2.96 bits per heavy atom. The van der Waals surface area contributed by atoms with Crippen molar-refractivity contribution in [2.75, 3.05) is 6.61 Å². The van der Waals surface area contributed by atoms with E-state index in [1.165, 1.54) is 18.4 Å². The number of hydrogen-bond donors (Lipinski definition) is 0. The normalized spacial score (nSPS) is 14.3. The molecule has 0 N–H and O–H groups in total. The molecule has 3 aromatic heterocycles. The van der Waals surface area contributed by atoms with Gasteiger partial charge in [0.1, 0.15) is 0 Å². The summed E-state index contributed by atoms with van der Waals surface area (Å²) in [7, 11) is 0. The van der Waals surface area contributed by atoms with E-state index >= 15 is 0 Å². The Bertz CT molecular complexity index is 860. The van der Waals surface area contributed by atoms with Crippen molar-refractivity contribution in [1.29, 1.82) is 0 Å². The minimum Gasteiger partial charge on any atom is -0.461 e. The highest BCUT2D eigenvalue weighted by molar-refractivity contribution is 5.86. The maximum absolute atomic E-state index is 11.6. The fourth-order valence-electron chi connectivity index (χ4n) is 2.79. The van der Waals surface area contributed by atoms with Crippen LogP contribution < -0.4 is 0 Å². The minimum absolute atomic E-state index is 0.242. The lowest BCUT2D eigenvalue weighted by Gasteiger charge is -1.99. The monoisotopic (exact) mass is 310 g/mol. The Hall–Kier alpha value is -2.63. The Morgan fingerprint density at radius 2 is 2.17 bits per heavy atom. The highest BCUT2D eigenvalue weighted by atomic mass is 16.5. The first-order valence-corrected chi connectivity index (χ1v) is 7.90. The minimum atomic E-state index is -0.435. The molecule has 6 heteroatoms. The zero-order valence-corrected chi connectivity index (χ0v) is 13.0. The summed E-state index contributed by atoms with van der Waals surface area (Å²) in [5.41, 5.74) is 3.94. The third-order valence-corrected chi connectivity index (χ3v) is 4.09. The molecule has 23 heavy (non-hydrogen) atoms. The molecule has 0 atom stereocenters. The second-order valence-electron chi connectivity index (χ2n) is 5.94. The summed E-state index contributed by atoms with van der Waals surface area (Å²) in [5.74, 6) is 0.308. The molecule has 1 aliphatic rings. The Balaban J connectivity index is 1.54. The number of carbonyl (C=O) groups is 1. The largest absolute Gasteiger partial charge is 0.461 e. The van der Waals surface area contributed by atoms with E-state index in [1.807, 2.05) is 0 Å². The summed E-state index contributed by atoms with van der Waals surface area (Å²) in [6, 6.07) is 6.50. The molecule has 3 heterocycles. The number of carbonyl (C=O) groups excluding carboxylic acids is 1. The molecule has 6 nitrogen and oxygen atoms in total. The molecule has 1 aliphatic carbocycles. The Labute approximate surface area is 133 Å². The number of hydrogen-bond acceptors (Lipinski definition) is 4. The molecule has 0 amide bonds. The van der Waals surface area contributed by atoms with Gasteiger partial charge in [-0.15, -0.1) is 5.10 Å². The van der Waals surface area contributed by atoms with Crippen molar-refractivity contribution >= 4 is 11.5 Å². The number of nitrogens with zero attached hydrogens (tertiary/aromatic N) is 4. The molecule has 0 spiro atoms. The summed E-state index contributed by atoms with van der Waals surface area (Å²) in [6.07, 6.45) is 8.54. The van der Waals surface area contributed by atoms with Gasteiger partial charge in [0.15, 0.2) is 5.69 Å². The third kappa shape index (κ3) is 2.84. The van der Waals surface area contributed by atoms with Crippen molar-refractivity contribution in [2.24, 2.45) is 0 Å². The van der Waals surface area contributed by atoms with Crippen LogP contribution in [0.4, 0.5) is 0 Å². The van der Waals surface area contributed by atoms with Gasteiger partial charge in [-0.25, -0.2) is 9.48 Å². The molecule has 1 saturated carbocycles. The van der Waals surface area contributed by atoms with E-state index in [0.29, 0.717) is 13.2 Å². The van der Waals surface area contributed by atoms with E-state index in [-0.39, 0.29) is 5.69 Å². The molecule has 0 radical (unpaired) electrons. The van der Waals surface area contributed by atoms with Crippen molar-refractivity contribution in [1.82, 2.24) is 19.4 Å². The van der Waals surface area contributed by atoms with Crippen LogP contribution in [0.25, 0.3) is 5.52 Å². The molecular formula is C17H18N4O2. The first-order valence-electron chi connectivity index (χ1n) is 7.90. The van der Waals surface area contributed by atoms with E-state index in [4.69, 9.17) is 4.74 Å². The summed E-state index contributed by atoms with van der Waals surface area (Å²) in [5, 5.41) is 7.86. The third-order valence-electron chi connectivity index (χ3n) is 4.09. The summed E-state index contributed by atoms with van der Waals surface area (Å²) in [6.45, 7) is 2.68. The lowest BCUT2D eigenvalue weighted by molar-refractivity contribution is 0.0519. The van der Waals surface area contributed by atoms with Gasteiger partial charge in [-0.1, -0.05) is 11.3 Å². The van der Waals surface area contributed by atoms with Gasteiger partial charge in [0.05, 0.1) is 19.3 Å². The maximum Gasteiger partial charge on any atom is 0.360 e. The van der Waals surface area contributed by atoms with Crippen LogP contribution in [0.15, 0.2) is 36.8 Å². The van der Waals surface area contributed by atoms with Crippen molar-refractivity contribution in [2.45, 2.75) is 32.2 Å². The molecular weight excluding hydrogens is 292 g/mol. The Kier molecular flexibility index (Phi) is 3.37. The molecule has 0 saturated heterocycles. The summed E-state index contributed by atoms with van der Waals surface area (Å²) in [4.78, 5) is 11.6. The fourth-order valence-corrected chi connectivity index (χ4v) is 2.79. The van der Waals surface area contributed by atoms with Crippen LogP contribution in [-0.2, 0) is 11.3 Å². The highest BCUT2D eigenvalue weighted by Gasteiger charge is 2.23. The molecule has 0 bridgehead atoms. The van der Waals surface area contributed by atoms with Crippen molar-refractivity contribution < 1.29 is 9.53 Å². The predicted octanol–water partition coefficient (Wildman–Crippen LogP) is 2.63. The van der Waals surface area contributed by atoms with Gasteiger partial charge < -0.3 is 9.14 Å². The molecule has 3 aromatic rings. The number of ether oxygens (including phenoxy) is 1. The summed E-state index contributed by atoms with van der Waals surface area (Å²) >= 11 is 0. The van der Waals surface area contributed by atoms with E-state index in [0.717, 1.165) is 17.0 Å². The molecule has 118 valence electrons. The number of pyridine rings is 1. The SMILES string of the molecule is CCOC(=O)c1cn(Cc2cc3ccc(C4CC4)cn3c2)nn1. The average Bonchev–Trinajstić information content (AvgIpc) is 3.15. The Morgan fingerprint density at radius 1 is 1.30 bits per heavy atom. The summed E-state index contributed by atoms with van der Waals surface area (Å²) < 4.78 is 8.74. The number of aromatic nitrogens is 4. The predicted molar refractivity (Wildman–Crippen MR) is 84.5 cm³/mol. The second-order valence-corrected chi connectivity index (χ2v) is 5.94. The zero-order chi connectivity index (χ0) is 15.8. The van der Waals surface area contributed by atoms with Gasteiger partial charge in [0, 0.05) is 17.9 Å². The van der Waals surface area contributed by atoms with Crippen molar-refractivity contribution in [3.05, 3.63) is 53.6 Å². The lowest BCUT2D eigenvalue weighted by atomic mass is 10.2. The van der Waals surface area contributed by atoms with Crippen molar-refractivity contribution in [3.63, 3.8) is 0 Å². The standard InChI is InChI=1S/C17H18N4O2/c1-2-23-17(22)16-11-21(19-18-16)9-12-7-15-6-5-14(13-3-4-13)10-20(15)8-12/h5-8,10-11,13H,2-4,9H2,1H3. The van der Waals surface area contributed by atoms with Crippen LogP contribution in [-0.4, -0.2) is 32.0 Å². The van der Waals surface area contributed by atoms with Crippen LogP contribution in [0.1, 0.15) is 47.3 Å². The number of fused-ring (bicyclic) bond motifs is 1. The first-order chi connectivity index (χ1) is 11.2. The van der Waals surface area contributed by atoms with Gasteiger partial charge in [-0.05, 0) is 48.9 Å². The average molecular weight is 310 g/mol. The van der Waals surface area contributed by atoms with E-state index in [9.17, 15) is 4.79 Å². The second kappa shape index (κ2) is 5.53. The maximum atomic E-state index is 11.6. The molecule has 1 fully saturated rings. The topological polar surface area (TPSA) is 61.4 Å². The fraction of sp³-hybridized carbons (Fsp3) is 0.353. The highest BCUT2D eigenvalue weighted by Crippen LogP contribution is 2.40. The van der Waals surface area contributed by atoms with Crippen LogP contribution in [0.2, 0.25) is 0 Å². The van der Waals surface area contributed by atoms with Crippen LogP contribution in [0.3, 0.4) is 0 Å². The van der Waals surface area contributed by atoms with Gasteiger partial charge in [-0.3, -0.25) is 0 Å². The van der Waals surface area contributed by atoms with Gasteiger partial charge in [0.2, 0.25) is 0 Å². The van der Waals surface area contributed by atoms with E-state index in [1.54, 1.807) is 17.8 Å². The van der Waals surface area contributed by atoms with E-state index < -0.39 is 5.97 Å². The van der Waals surface area contributed by atoms with Gasteiger partial charge in [0.25, 0.3) is 0 Å². The molecule has 0 unspecified atom stereocenters. The molecule has 4 rings (SSSR count). The van der Waals surface area contributed by atoms with Crippen LogP contribution >= 0.6 is 0 Å². The smallest absolute Gasteiger partial charge is 0.360 e.